The molecule has 0 aliphatic rings. The number of pyridine rings is 1. The molecule has 3 rings (SSSR count). The molecule has 2 aromatic carbocycles. The predicted molar refractivity (Wildman–Crippen MR) is 78.8 cm³/mol. The maximum Gasteiger partial charge on any atom is 0.335 e. The van der Waals surface area contributed by atoms with E-state index < -0.39 is 17.6 Å². The highest BCUT2D eigenvalue weighted by atomic mass is 19.1. The number of aryl methyl sites for hydroxylation is 1. The first-order valence-corrected chi connectivity index (χ1v) is 6.56. The Labute approximate surface area is 124 Å². The van der Waals surface area contributed by atoms with Gasteiger partial charge in [-0.3, -0.25) is 4.98 Å². The van der Waals surface area contributed by atoms with E-state index in [0.717, 1.165) is 0 Å². The summed E-state index contributed by atoms with van der Waals surface area (Å²) in [5.74, 6) is -2.50. The number of benzene rings is 2. The molecule has 0 bridgehead atoms. The lowest BCUT2D eigenvalue weighted by Crippen LogP contribution is -1.99. The van der Waals surface area contributed by atoms with Crippen molar-refractivity contribution in [2.24, 2.45) is 0 Å². The van der Waals surface area contributed by atoms with E-state index in [2.05, 4.69) is 4.98 Å². The molecule has 22 heavy (non-hydrogen) atoms. The van der Waals surface area contributed by atoms with Gasteiger partial charge in [0.1, 0.15) is 11.6 Å². The molecule has 0 radical (unpaired) electrons. The highest BCUT2D eigenvalue weighted by Gasteiger charge is 2.17. The summed E-state index contributed by atoms with van der Waals surface area (Å²) < 4.78 is 28.3. The van der Waals surface area contributed by atoms with Crippen LogP contribution in [0.4, 0.5) is 8.78 Å². The van der Waals surface area contributed by atoms with Crippen molar-refractivity contribution < 1.29 is 18.7 Å². The third kappa shape index (κ3) is 2.20. The molecule has 5 heteroatoms. The van der Waals surface area contributed by atoms with E-state index in [-0.39, 0.29) is 11.1 Å². The molecule has 3 aromatic rings. The normalized spacial score (nSPS) is 10.9. The lowest BCUT2D eigenvalue weighted by molar-refractivity contribution is 0.0697. The minimum atomic E-state index is -1.11. The molecule has 0 saturated heterocycles. The average Bonchev–Trinajstić information content (AvgIpc) is 2.48. The van der Waals surface area contributed by atoms with Crippen molar-refractivity contribution in [2.75, 3.05) is 0 Å². The number of rotatable bonds is 2. The molecule has 1 heterocycles. The number of nitrogens with zero attached hydrogens (tertiary/aromatic N) is 1. The van der Waals surface area contributed by atoms with E-state index in [1.54, 1.807) is 6.92 Å². The van der Waals surface area contributed by atoms with Crippen molar-refractivity contribution in [2.45, 2.75) is 6.92 Å². The SMILES string of the molecule is Cc1cnc2ccc(C(=O)O)cc2c1-c1c(F)cccc1F. The van der Waals surface area contributed by atoms with Gasteiger partial charge in [-0.15, -0.1) is 0 Å². The quantitative estimate of drug-likeness (QED) is 0.772. The van der Waals surface area contributed by atoms with E-state index in [1.807, 2.05) is 0 Å². The molecule has 3 nitrogen and oxygen atoms in total. The molecule has 1 aromatic heterocycles. The third-order valence-corrected chi connectivity index (χ3v) is 3.52. The molecule has 0 saturated carbocycles. The van der Waals surface area contributed by atoms with Gasteiger partial charge in [-0.05, 0) is 42.8 Å². The number of carbonyl (C=O) groups is 1. The van der Waals surface area contributed by atoms with Gasteiger partial charge in [-0.2, -0.15) is 0 Å². The number of hydrogen-bond acceptors (Lipinski definition) is 2. The number of aromatic nitrogens is 1. The van der Waals surface area contributed by atoms with Gasteiger partial charge in [0.05, 0.1) is 16.6 Å². The molecule has 110 valence electrons. The van der Waals surface area contributed by atoms with Gasteiger partial charge >= 0.3 is 5.97 Å². The topological polar surface area (TPSA) is 50.2 Å². The Balaban J connectivity index is 2.44. The zero-order valence-corrected chi connectivity index (χ0v) is 11.6. The van der Waals surface area contributed by atoms with Gasteiger partial charge in [-0.1, -0.05) is 6.07 Å². The second kappa shape index (κ2) is 5.18. The van der Waals surface area contributed by atoms with Crippen molar-refractivity contribution in [3.05, 3.63) is 65.4 Å². The highest BCUT2D eigenvalue weighted by Crippen LogP contribution is 2.34. The van der Waals surface area contributed by atoms with Gasteiger partial charge in [0, 0.05) is 17.1 Å². The van der Waals surface area contributed by atoms with Crippen LogP contribution in [0.1, 0.15) is 15.9 Å². The summed E-state index contributed by atoms with van der Waals surface area (Å²) >= 11 is 0. The van der Waals surface area contributed by atoms with Crippen LogP contribution in [0.25, 0.3) is 22.0 Å². The zero-order chi connectivity index (χ0) is 15.9. The zero-order valence-electron chi connectivity index (χ0n) is 11.6. The predicted octanol–water partition coefficient (Wildman–Crippen LogP) is 4.19. The molecule has 0 unspecified atom stereocenters. The van der Waals surface area contributed by atoms with Gasteiger partial charge in [0.15, 0.2) is 0 Å². The van der Waals surface area contributed by atoms with Crippen molar-refractivity contribution in [1.82, 2.24) is 4.98 Å². The lowest BCUT2D eigenvalue weighted by atomic mass is 9.95. The van der Waals surface area contributed by atoms with E-state index in [0.29, 0.717) is 22.0 Å². The molecule has 0 atom stereocenters. The van der Waals surface area contributed by atoms with E-state index in [9.17, 15) is 13.6 Å². The second-order valence-corrected chi connectivity index (χ2v) is 4.95. The Morgan fingerprint density at radius 1 is 1.09 bits per heavy atom. The summed E-state index contributed by atoms with van der Waals surface area (Å²) in [6.07, 6.45) is 1.52. The number of aromatic carboxylic acids is 1. The summed E-state index contributed by atoms with van der Waals surface area (Å²) in [5, 5.41) is 9.52. The van der Waals surface area contributed by atoms with Gasteiger partial charge in [0.25, 0.3) is 0 Å². The second-order valence-electron chi connectivity index (χ2n) is 4.95. The summed E-state index contributed by atoms with van der Waals surface area (Å²) in [7, 11) is 0. The number of carboxylic acid groups (broad SMARTS) is 1. The Morgan fingerprint density at radius 3 is 2.41 bits per heavy atom. The van der Waals surface area contributed by atoms with E-state index >= 15 is 0 Å². The third-order valence-electron chi connectivity index (χ3n) is 3.52. The number of hydrogen-bond donors (Lipinski definition) is 1. The number of carboxylic acids is 1. The van der Waals surface area contributed by atoms with E-state index in [1.165, 1.54) is 42.6 Å². The van der Waals surface area contributed by atoms with Gasteiger partial charge < -0.3 is 5.11 Å². The standard InChI is InChI=1S/C17H11F2NO2/c1-9-8-20-14-6-5-10(17(21)22)7-11(14)15(9)16-12(18)3-2-4-13(16)19/h2-8H,1H3,(H,21,22). The Hall–Kier alpha value is -2.82. The molecule has 0 amide bonds. The van der Waals surface area contributed by atoms with Crippen LogP contribution < -0.4 is 0 Å². The van der Waals surface area contributed by atoms with Gasteiger partial charge in [0.2, 0.25) is 0 Å². The first kappa shape index (κ1) is 14.1. The van der Waals surface area contributed by atoms with Crippen LogP contribution in [0.5, 0.6) is 0 Å². The summed E-state index contributed by atoms with van der Waals surface area (Å²) in [6.45, 7) is 1.68. The van der Waals surface area contributed by atoms with Gasteiger partial charge in [-0.25, -0.2) is 13.6 Å². The monoisotopic (exact) mass is 299 g/mol. The van der Waals surface area contributed by atoms with Crippen LogP contribution in [0, 0.1) is 18.6 Å². The summed E-state index contributed by atoms with van der Waals surface area (Å²) in [6, 6.07) is 7.96. The average molecular weight is 299 g/mol. The summed E-state index contributed by atoms with van der Waals surface area (Å²) in [5.41, 5.74) is 1.24. The maximum absolute atomic E-state index is 14.1. The first-order valence-electron chi connectivity index (χ1n) is 6.56. The number of halogens is 2. The smallest absolute Gasteiger partial charge is 0.335 e. The van der Waals surface area contributed by atoms with Crippen molar-refractivity contribution in [3.8, 4) is 11.1 Å². The molecule has 0 aliphatic carbocycles. The van der Waals surface area contributed by atoms with Crippen molar-refractivity contribution >= 4 is 16.9 Å². The molecule has 0 fully saturated rings. The molecule has 0 aliphatic heterocycles. The molecule has 1 N–H and O–H groups in total. The van der Waals surface area contributed by atoms with Crippen LogP contribution in [0.2, 0.25) is 0 Å². The van der Waals surface area contributed by atoms with E-state index in [4.69, 9.17) is 5.11 Å². The maximum atomic E-state index is 14.1. The fraction of sp³-hybridized carbons (Fsp3) is 0.0588. The highest BCUT2D eigenvalue weighted by molar-refractivity contribution is 6.00. The van der Waals surface area contributed by atoms with Crippen LogP contribution in [0.15, 0.2) is 42.6 Å². The largest absolute Gasteiger partial charge is 0.478 e. The Bertz CT molecular complexity index is 886. The lowest BCUT2D eigenvalue weighted by Gasteiger charge is -2.12. The summed E-state index contributed by atoms with van der Waals surface area (Å²) in [4.78, 5) is 15.3. The molecular formula is C17H11F2NO2. The van der Waals surface area contributed by atoms with Crippen LogP contribution in [0.3, 0.4) is 0 Å². The fourth-order valence-corrected chi connectivity index (χ4v) is 2.49. The van der Waals surface area contributed by atoms with Crippen molar-refractivity contribution in [3.63, 3.8) is 0 Å². The number of fused-ring (bicyclic) bond motifs is 1. The molecular weight excluding hydrogens is 288 g/mol. The first-order chi connectivity index (χ1) is 10.5. The Kier molecular flexibility index (Phi) is 3.33. The fourth-order valence-electron chi connectivity index (χ4n) is 2.49. The van der Waals surface area contributed by atoms with Crippen LogP contribution >= 0.6 is 0 Å². The van der Waals surface area contributed by atoms with Crippen LogP contribution in [-0.4, -0.2) is 16.1 Å². The minimum Gasteiger partial charge on any atom is -0.478 e. The Morgan fingerprint density at radius 2 is 1.77 bits per heavy atom. The van der Waals surface area contributed by atoms with Crippen molar-refractivity contribution in [1.29, 1.82) is 0 Å². The van der Waals surface area contributed by atoms with Crippen LogP contribution in [-0.2, 0) is 0 Å². The minimum absolute atomic E-state index is 0.0397. The molecule has 0 spiro atoms.